The summed E-state index contributed by atoms with van der Waals surface area (Å²) in [4.78, 5) is 12.1. The molecule has 0 fully saturated rings. The average molecular weight is 382 g/mol. The number of aromatic nitrogens is 1. The first-order valence-corrected chi connectivity index (χ1v) is 6.85. The lowest BCUT2D eigenvalue weighted by molar-refractivity contribution is -0.137. The van der Waals surface area contributed by atoms with Gasteiger partial charge in [0.1, 0.15) is 5.69 Å². The molecule has 1 N–H and O–H groups in total. The van der Waals surface area contributed by atoms with Gasteiger partial charge in [0, 0.05) is 17.7 Å². The lowest BCUT2D eigenvalue weighted by Crippen LogP contribution is -2.16. The Morgan fingerprint density at radius 3 is 2.52 bits per heavy atom. The Kier molecular flexibility index (Phi) is 4.34. The van der Waals surface area contributed by atoms with Gasteiger partial charge in [-0.1, -0.05) is 11.6 Å². The number of anilines is 1. The Morgan fingerprint density at radius 1 is 1.33 bits per heavy atom. The van der Waals surface area contributed by atoms with Crippen LogP contribution >= 0.6 is 27.5 Å². The second kappa shape index (κ2) is 5.73. The molecule has 1 aromatic carbocycles. The molecule has 8 heteroatoms. The van der Waals surface area contributed by atoms with E-state index >= 15 is 0 Å². The van der Waals surface area contributed by atoms with Gasteiger partial charge in [-0.2, -0.15) is 13.2 Å². The summed E-state index contributed by atoms with van der Waals surface area (Å²) in [6, 6.07) is 4.31. The molecule has 0 unspecified atom stereocenters. The number of nitrogens with zero attached hydrogens (tertiary/aromatic N) is 1. The van der Waals surface area contributed by atoms with Gasteiger partial charge in [0.2, 0.25) is 0 Å². The summed E-state index contributed by atoms with van der Waals surface area (Å²) in [5.74, 6) is -0.551. The maximum Gasteiger partial charge on any atom is 0.416 e. The van der Waals surface area contributed by atoms with E-state index < -0.39 is 17.6 Å². The fourth-order valence-corrected chi connectivity index (χ4v) is 2.42. The molecule has 0 saturated carbocycles. The molecule has 0 aliphatic heterocycles. The minimum atomic E-state index is -4.50. The number of aryl methyl sites for hydroxylation is 1. The number of carbonyl (C=O) groups excluding carboxylic acids is 1. The average Bonchev–Trinajstić information content (AvgIpc) is 2.70. The third kappa shape index (κ3) is 3.59. The summed E-state index contributed by atoms with van der Waals surface area (Å²) >= 11 is 9.04. The van der Waals surface area contributed by atoms with E-state index in [2.05, 4.69) is 21.2 Å². The van der Waals surface area contributed by atoms with Gasteiger partial charge in [-0.25, -0.2) is 0 Å². The van der Waals surface area contributed by atoms with Gasteiger partial charge in [-0.3, -0.25) is 4.79 Å². The van der Waals surface area contributed by atoms with Crippen molar-refractivity contribution < 1.29 is 18.0 Å². The minimum absolute atomic E-state index is 0.0321. The van der Waals surface area contributed by atoms with Crippen LogP contribution in [0.3, 0.4) is 0 Å². The largest absolute Gasteiger partial charge is 0.416 e. The van der Waals surface area contributed by atoms with E-state index in [9.17, 15) is 18.0 Å². The summed E-state index contributed by atoms with van der Waals surface area (Å²) < 4.78 is 40.2. The van der Waals surface area contributed by atoms with Crippen molar-refractivity contribution in [3.05, 3.63) is 51.2 Å². The van der Waals surface area contributed by atoms with Crippen LogP contribution in [-0.2, 0) is 13.2 Å². The number of benzene rings is 1. The summed E-state index contributed by atoms with van der Waals surface area (Å²) in [5, 5.41) is 2.41. The quantitative estimate of drug-likeness (QED) is 0.803. The third-order valence-electron chi connectivity index (χ3n) is 2.75. The van der Waals surface area contributed by atoms with Crippen LogP contribution in [0.2, 0.25) is 5.02 Å². The minimum Gasteiger partial charge on any atom is -0.345 e. The fourth-order valence-electron chi connectivity index (χ4n) is 1.73. The van der Waals surface area contributed by atoms with Crippen LogP contribution in [0.15, 0.2) is 34.9 Å². The summed E-state index contributed by atoms with van der Waals surface area (Å²) in [6.45, 7) is 0. The van der Waals surface area contributed by atoms with Gasteiger partial charge in [0.25, 0.3) is 5.91 Å². The van der Waals surface area contributed by atoms with E-state index in [-0.39, 0.29) is 16.4 Å². The molecule has 1 aromatic heterocycles. The van der Waals surface area contributed by atoms with Gasteiger partial charge in [0.15, 0.2) is 0 Å². The number of nitrogens with one attached hydrogen (secondary N) is 1. The van der Waals surface area contributed by atoms with Crippen molar-refractivity contribution in [2.24, 2.45) is 7.05 Å². The SMILES string of the molecule is Cn1cc(Br)cc1C(=O)Nc1cc(C(F)(F)F)ccc1Cl. The zero-order valence-electron chi connectivity index (χ0n) is 10.6. The van der Waals surface area contributed by atoms with E-state index in [1.807, 2.05) is 0 Å². The predicted molar refractivity (Wildman–Crippen MR) is 77.5 cm³/mol. The lowest BCUT2D eigenvalue weighted by atomic mass is 10.2. The van der Waals surface area contributed by atoms with Gasteiger partial charge >= 0.3 is 6.18 Å². The molecule has 0 bridgehead atoms. The highest BCUT2D eigenvalue weighted by Gasteiger charge is 2.31. The van der Waals surface area contributed by atoms with E-state index in [0.717, 1.165) is 18.2 Å². The van der Waals surface area contributed by atoms with Crippen LogP contribution in [0.25, 0.3) is 0 Å². The summed E-state index contributed by atoms with van der Waals surface area (Å²) in [5.41, 5.74) is -0.681. The van der Waals surface area contributed by atoms with Crippen molar-refractivity contribution in [1.29, 1.82) is 0 Å². The monoisotopic (exact) mass is 380 g/mol. The van der Waals surface area contributed by atoms with Crippen molar-refractivity contribution in [2.75, 3.05) is 5.32 Å². The molecular formula is C13H9BrClF3N2O. The standard InChI is InChI=1S/C13H9BrClF3N2O/c1-20-6-8(14)5-11(20)12(21)19-10-4-7(13(16,17)18)2-3-9(10)15/h2-6H,1H3,(H,19,21). The summed E-state index contributed by atoms with van der Waals surface area (Å²) in [6.07, 6.45) is -2.85. The maximum absolute atomic E-state index is 12.7. The topological polar surface area (TPSA) is 34.0 Å². The zero-order valence-corrected chi connectivity index (χ0v) is 13.0. The fraction of sp³-hybridized carbons (Fsp3) is 0.154. The molecule has 21 heavy (non-hydrogen) atoms. The van der Waals surface area contributed by atoms with E-state index in [4.69, 9.17) is 11.6 Å². The second-order valence-corrected chi connectivity index (χ2v) is 5.62. The molecule has 3 nitrogen and oxygen atoms in total. The highest BCUT2D eigenvalue weighted by atomic mass is 79.9. The second-order valence-electron chi connectivity index (χ2n) is 4.30. The molecule has 1 heterocycles. The highest BCUT2D eigenvalue weighted by Crippen LogP contribution is 2.34. The maximum atomic E-state index is 12.7. The van der Waals surface area contributed by atoms with Crippen LogP contribution in [0.5, 0.6) is 0 Å². The zero-order chi connectivity index (χ0) is 15.8. The molecule has 0 saturated heterocycles. The van der Waals surface area contributed by atoms with Crippen LogP contribution in [0.4, 0.5) is 18.9 Å². The van der Waals surface area contributed by atoms with Crippen molar-refractivity contribution in [3.63, 3.8) is 0 Å². The Labute approximate surface area is 131 Å². The van der Waals surface area contributed by atoms with Crippen molar-refractivity contribution >= 4 is 39.1 Å². The van der Waals surface area contributed by atoms with E-state index in [1.54, 1.807) is 23.9 Å². The Balaban J connectivity index is 2.31. The lowest BCUT2D eigenvalue weighted by Gasteiger charge is -2.11. The van der Waals surface area contributed by atoms with Crippen molar-refractivity contribution in [1.82, 2.24) is 4.57 Å². The molecule has 2 rings (SSSR count). The normalized spacial score (nSPS) is 11.5. The molecule has 0 aliphatic carbocycles. The van der Waals surface area contributed by atoms with Gasteiger partial charge in [-0.05, 0) is 40.2 Å². The molecule has 0 spiro atoms. The number of carbonyl (C=O) groups is 1. The predicted octanol–water partition coefficient (Wildman–Crippen LogP) is 4.71. The number of hydrogen-bond donors (Lipinski definition) is 1. The van der Waals surface area contributed by atoms with E-state index in [0.29, 0.717) is 4.47 Å². The van der Waals surface area contributed by atoms with Gasteiger partial charge in [-0.15, -0.1) is 0 Å². The number of rotatable bonds is 2. The van der Waals surface area contributed by atoms with Crippen LogP contribution < -0.4 is 5.32 Å². The van der Waals surface area contributed by atoms with Crippen LogP contribution in [-0.4, -0.2) is 10.5 Å². The molecule has 112 valence electrons. The first-order chi connectivity index (χ1) is 9.68. The molecule has 1 amide bonds. The van der Waals surface area contributed by atoms with Crippen molar-refractivity contribution in [3.8, 4) is 0 Å². The highest BCUT2D eigenvalue weighted by molar-refractivity contribution is 9.10. The number of amides is 1. The van der Waals surface area contributed by atoms with Crippen LogP contribution in [0, 0.1) is 0 Å². The first-order valence-electron chi connectivity index (χ1n) is 5.68. The first kappa shape index (κ1) is 15.9. The molecule has 2 aromatic rings. The Morgan fingerprint density at radius 2 is 2.00 bits per heavy atom. The number of alkyl halides is 3. The number of hydrogen-bond acceptors (Lipinski definition) is 1. The Bertz CT molecular complexity index is 697. The number of halogens is 5. The summed E-state index contributed by atoms with van der Waals surface area (Å²) in [7, 11) is 1.65. The van der Waals surface area contributed by atoms with Crippen LogP contribution in [0.1, 0.15) is 16.1 Å². The molecule has 0 atom stereocenters. The van der Waals surface area contributed by atoms with E-state index in [1.165, 1.54) is 0 Å². The van der Waals surface area contributed by atoms with Gasteiger partial charge in [0.05, 0.1) is 16.3 Å². The Hall–Kier alpha value is -1.47. The molecular weight excluding hydrogens is 373 g/mol. The molecule has 0 radical (unpaired) electrons. The molecule has 0 aliphatic rings. The van der Waals surface area contributed by atoms with Crippen molar-refractivity contribution in [2.45, 2.75) is 6.18 Å². The van der Waals surface area contributed by atoms with Gasteiger partial charge < -0.3 is 9.88 Å². The third-order valence-corrected chi connectivity index (χ3v) is 3.51. The smallest absolute Gasteiger partial charge is 0.345 e.